The van der Waals surface area contributed by atoms with Crippen molar-refractivity contribution in [3.05, 3.63) is 29.8 Å². The number of hydrogen-bond acceptors (Lipinski definition) is 15. The smallest absolute Gasteiger partial charge is 0.416 e. The summed E-state index contributed by atoms with van der Waals surface area (Å²) in [6, 6.07) is 1.68. The summed E-state index contributed by atoms with van der Waals surface area (Å²) in [5, 5.41) is 48.9. The van der Waals surface area contributed by atoms with Crippen LogP contribution in [0.4, 0.5) is 18.9 Å². The number of likely N-dealkylation sites (tertiary alicyclic amines) is 1. The minimum Gasteiger partial charge on any atom is -0.459 e. The predicted octanol–water partition coefficient (Wildman–Crippen LogP) is 5.78. The summed E-state index contributed by atoms with van der Waals surface area (Å²) in [6.07, 6.45) is -11.0. The molecule has 0 aliphatic carbocycles. The van der Waals surface area contributed by atoms with E-state index in [1.54, 1.807) is 48.7 Å². The summed E-state index contributed by atoms with van der Waals surface area (Å²) in [5.41, 5.74) is -5.50. The van der Waals surface area contributed by atoms with Crippen LogP contribution in [0.15, 0.2) is 24.3 Å². The fourth-order valence-electron chi connectivity index (χ4n) is 11.8. The van der Waals surface area contributed by atoms with Crippen molar-refractivity contribution < 1.29 is 75.2 Å². The van der Waals surface area contributed by atoms with E-state index in [2.05, 4.69) is 9.62 Å². The molecule has 4 heterocycles. The van der Waals surface area contributed by atoms with E-state index in [9.17, 15) is 46.8 Å². The molecule has 4 aliphatic heterocycles. The molecule has 0 spiro atoms. The Morgan fingerprint density at radius 1 is 0.931 bits per heavy atom. The summed E-state index contributed by atoms with van der Waals surface area (Å²) < 4.78 is 110. The number of methoxy groups -OCH3 is 1. The van der Waals surface area contributed by atoms with E-state index in [0.29, 0.717) is 13.1 Å². The number of carbonyl (C=O) groups excluding carboxylic acids is 1. The van der Waals surface area contributed by atoms with Crippen molar-refractivity contribution in [1.82, 2.24) is 14.1 Å². The summed E-state index contributed by atoms with van der Waals surface area (Å²) >= 11 is 0. The van der Waals surface area contributed by atoms with Crippen molar-refractivity contribution >= 4 is 21.9 Å². The number of aliphatic hydroxyl groups excluding tert-OH is 2. The van der Waals surface area contributed by atoms with Crippen LogP contribution in [0.1, 0.15) is 127 Å². The van der Waals surface area contributed by atoms with E-state index in [1.807, 2.05) is 32.6 Å². The number of alkyl halides is 3. The minimum atomic E-state index is -4.63. The largest absolute Gasteiger partial charge is 0.459 e. The van der Waals surface area contributed by atoms with Gasteiger partial charge >= 0.3 is 22.4 Å². The number of esters is 1. The first-order valence-corrected chi connectivity index (χ1v) is 27.4. The number of halogens is 3. The number of anilines is 1. The van der Waals surface area contributed by atoms with E-state index in [0.717, 1.165) is 61.0 Å². The van der Waals surface area contributed by atoms with Crippen molar-refractivity contribution in [1.29, 1.82) is 0 Å². The zero-order chi connectivity index (χ0) is 53.9. The average Bonchev–Trinajstić information content (AvgIpc) is 3.31. The molecule has 1 aromatic carbocycles. The third kappa shape index (κ3) is 14.2. The fourth-order valence-corrected chi connectivity index (χ4v) is 13.0. The molecule has 2 unspecified atom stereocenters. The van der Waals surface area contributed by atoms with Crippen molar-refractivity contribution in [3.63, 3.8) is 0 Å². The number of carbonyl (C=O) groups is 1. The van der Waals surface area contributed by atoms with Crippen molar-refractivity contribution in [3.8, 4) is 0 Å². The molecule has 18 atom stereocenters. The average molecular weight is 1050 g/mol. The number of piperidine rings is 1. The highest BCUT2D eigenvalue weighted by molar-refractivity contribution is 7.90. The van der Waals surface area contributed by atoms with Crippen molar-refractivity contribution in [2.75, 3.05) is 51.6 Å². The van der Waals surface area contributed by atoms with Gasteiger partial charge in [-0.2, -0.15) is 25.9 Å². The van der Waals surface area contributed by atoms with Gasteiger partial charge in [0.15, 0.2) is 12.6 Å². The second kappa shape index (κ2) is 24.4. The quantitative estimate of drug-likeness (QED) is 0.149. The van der Waals surface area contributed by atoms with E-state index < -0.39 is 118 Å². The Labute approximate surface area is 426 Å². The van der Waals surface area contributed by atoms with Crippen LogP contribution in [0.2, 0.25) is 0 Å². The predicted molar refractivity (Wildman–Crippen MR) is 265 cm³/mol. The molecular formula is C51H87F3N4O13S. The maximum Gasteiger partial charge on any atom is 0.416 e. The fraction of sp³-hybridized carbons (Fsp3) is 0.863. The maximum atomic E-state index is 14.7. The van der Waals surface area contributed by atoms with Gasteiger partial charge in [0.1, 0.15) is 23.9 Å². The van der Waals surface area contributed by atoms with Gasteiger partial charge in [-0.3, -0.25) is 14.4 Å². The zero-order valence-corrected chi connectivity index (χ0v) is 45.6. The van der Waals surface area contributed by atoms with Crippen molar-refractivity contribution in [2.45, 2.75) is 211 Å². The summed E-state index contributed by atoms with van der Waals surface area (Å²) in [6.45, 7) is 23.0. The van der Waals surface area contributed by atoms with Crippen molar-refractivity contribution in [2.24, 2.45) is 23.7 Å². The van der Waals surface area contributed by atoms with Gasteiger partial charge in [0.2, 0.25) is 0 Å². The van der Waals surface area contributed by atoms with Gasteiger partial charge < -0.3 is 53.7 Å². The molecule has 0 radical (unpaired) electrons. The van der Waals surface area contributed by atoms with Crippen LogP contribution in [-0.4, -0.2) is 180 Å². The number of cyclic esters (lactones) is 1. The van der Waals surface area contributed by atoms with Gasteiger partial charge in [-0.05, 0) is 130 Å². The second-order valence-electron chi connectivity index (χ2n) is 22.1. The number of hydrogen-bond donors (Lipinski definition) is 5. The number of benzene rings is 1. The molecule has 416 valence electrons. The van der Waals surface area contributed by atoms with Gasteiger partial charge in [0.25, 0.3) is 0 Å². The van der Waals surface area contributed by atoms with Gasteiger partial charge in [0, 0.05) is 57.2 Å². The number of nitrogens with one attached hydrogen (secondary N) is 1. The molecule has 0 amide bonds. The Hall–Kier alpha value is -2.25. The number of aliphatic hydroxyl groups is 4. The molecule has 0 saturated carbocycles. The molecule has 21 heteroatoms. The lowest BCUT2D eigenvalue weighted by Gasteiger charge is -2.50. The third-order valence-electron chi connectivity index (χ3n) is 16.3. The molecule has 0 aromatic heterocycles. The lowest BCUT2D eigenvalue weighted by Crippen LogP contribution is -2.61. The molecule has 4 fully saturated rings. The Bertz CT molecular complexity index is 2000. The van der Waals surface area contributed by atoms with Crippen LogP contribution in [0.25, 0.3) is 0 Å². The van der Waals surface area contributed by atoms with Crippen LogP contribution < -0.4 is 4.72 Å². The van der Waals surface area contributed by atoms with Crippen LogP contribution in [0.5, 0.6) is 0 Å². The van der Waals surface area contributed by atoms with Crippen LogP contribution >= 0.6 is 0 Å². The highest BCUT2D eigenvalue weighted by Crippen LogP contribution is 2.43. The SMILES string of the molecule is CC[C@H]1OC(=O)[C@H](C)[C@@H](O[C@H]2C[C@@](C)(OC)C(CN3CCCCC3)[C@H](C)O2)[C@H](C)[C@@H](O[C@@H]2O[C@H](C)CC(N(C)S(=O)(=O)Nc3ccc(C(F)(F)F)cc3)[C@H]2O)[C@](C)(O)C[C@@H](C)CN(CC)[C@H](C)[C@@H](O)[C@]1(C)O. The van der Waals surface area contributed by atoms with Gasteiger partial charge in [-0.15, -0.1) is 0 Å². The van der Waals surface area contributed by atoms with Gasteiger partial charge in [0.05, 0.1) is 53.1 Å². The first kappa shape index (κ1) is 60.6. The standard InChI is InChI=1S/C51H87F3N4O13S/c1-14-40-50(11,63)44(60)34(7)58(15-2)28-30(3)26-48(9,62)45(71-47-42(59)39(25-31(4)67-47)56(12)72(64,65)55-37-21-19-36(20-22-37)51(52,53)54)32(5)43(33(6)46(61)69-40)70-41-27-49(10,66-13)38(35(8)68-41)29-57-23-17-16-18-24-57/h19-22,30-35,38-45,47,55,59-60,62-63H,14-18,23-29H2,1-13H3/t30-,31-,32+,33-,34-,35+,38?,39?,40-,41+,42-,43+,44-,45-,47+,48-,49-,50-/m1/s1. The Balaban J connectivity index is 1.55. The first-order chi connectivity index (χ1) is 33.4. The van der Waals surface area contributed by atoms with E-state index in [1.165, 1.54) is 20.4 Å². The van der Waals surface area contributed by atoms with E-state index in [-0.39, 0.29) is 49.3 Å². The number of rotatable bonds is 13. The molecule has 5 rings (SSSR count). The minimum absolute atomic E-state index is 0.0127. The van der Waals surface area contributed by atoms with Crippen LogP contribution in [-0.2, 0) is 49.6 Å². The van der Waals surface area contributed by atoms with E-state index in [4.69, 9.17) is 28.4 Å². The summed E-state index contributed by atoms with van der Waals surface area (Å²) in [5.74, 6) is -3.17. The van der Waals surface area contributed by atoms with Crippen LogP contribution in [0, 0.1) is 23.7 Å². The summed E-state index contributed by atoms with van der Waals surface area (Å²) in [4.78, 5) is 19.1. The normalized spacial score (nSPS) is 41.1. The number of nitrogens with zero attached hydrogens (tertiary/aromatic N) is 3. The molecule has 0 bridgehead atoms. The molecule has 4 aliphatic rings. The lowest BCUT2D eigenvalue weighted by atomic mass is 9.77. The molecule has 72 heavy (non-hydrogen) atoms. The molecule has 4 saturated heterocycles. The highest BCUT2D eigenvalue weighted by atomic mass is 32.2. The molecule has 1 aromatic rings. The van der Waals surface area contributed by atoms with Gasteiger partial charge in [-0.25, -0.2) is 0 Å². The monoisotopic (exact) mass is 1050 g/mol. The number of ether oxygens (including phenoxy) is 6. The number of likely N-dealkylation sites (N-methyl/N-ethyl adjacent to an activating group) is 2. The molecular weight excluding hydrogens is 966 g/mol. The van der Waals surface area contributed by atoms with Crippen LogP contribution in [0.3, 0.4) is 0 Å². The highest BCUT2D eigenvalue weighted by Gasteiger charge is 2.54. The second-order valence-corrected chi connectivity index (χ2v) is 23.8. The summed E-state index contributed by atoms with van der Waals surface area (Å²) in [7, 11) is -1.62. The molecule has 5 N–H and O–H groups in total. The first-order valence-electron chi connectivity index (χ1n) is 26.0. The Morgan fingerprint density at radius 2 is 1.56 bits per heavy atom. The Morgan fingerprint density at radius 3 is 2.12 bits per heavy atom. The lowest BCUT2D eigenvalue weighted by molar-refractivity contribution is -0.313. The third-order valence-corrected chi connectivity index (χ3v) is 17.8. The van der Waals surface area contributed by atoms with Gasteiger partial charge in [-0.1, -0.05) is 34.1 Å². The maximum absolute atomic E-state index is 14.7. The topological polar surface area (TPSA) is 209 Å². The van der Waals surface area contributed by atoms with E-state index >= 15 is 0 Å². The molecule has 17 nitrogen and oxygen atoms in total. The Kier molecular flexibility index (Phi) is 20.5. The zero-order valence-electron chi connectivity index (χ0n) is 44.8.